The van der Waals surface area contributed by atoms with Gasteiger partial charge in [-0.3, -0.25) is 4.79 Å². The van der Waals surface area contributed by atoms with E-state index < -0.39 is 10.0 Å². The number of Topliss-reactive ketones (excluding diaryl/α,β-unsaturated/α-hetero) is 1. The van der Waals surface area contributed by atoms with Crippen LogP contribution in [0.25, 0.3) is 0 Å². The summed E-state index contributed by atoms with van der Waals surface area (Å²) in [5.41, 5.74) is 1.17. The Balaban J connectivity index is 1.80. The molecule has 0 bridgehead atoms. The van der Waals surface area contributed by atoms with Gasteiger partial charge in [-0.25, -0.2) is 12.7 Å². The van der Waals surface area contributed by atoms with Crippen molar-refractivity contribution in [1.29, 1.82) is 0 Å². The zero-order valence-electron chi connectivity index (χ0n) is 12.5. The number of carbonyl (C=O) groups is 1. The Labute approximate surface area is 127 Å². The molecule has 116 valence electrons. The van der Waals surface area contributed by atoms with Crippen molar-refractivity contribution >= 4 is 15.8 Å². The molecule has 2 rings (SSSR count). The first-order valence-corrected chi connectivity index (χ1v) is 9.31. The molecule has 5 heteroatoms. The van der Waals surface area contributed by atoms with E-state index >= 15 is 0 Å². The number of ketones is 1. The molecule has 0 aromatic heterocycles. The summed E-state index contributed by atoms with van der Waals surface area (Å²) in [6.45, 7) is 1.09. The van der Waals surface area contributed by atoms with E-state index in [2.05, 4.69) is 0 Å². The van der Waals surface area contributed by atoms with Crippen LogP contribution in [0.3, 0.4) is 0 Å². The monoisotopic (exact) mass is 309 g/mol. The van der Waals surface area contributed by atoms with Gasteiger partial charge in [-0.05, 0) is 30.7 Å². The second-order valence-corrected chi connectivity index (χ2v) is 7.84. The summed E-state index contributed by atoms with van der Waals surface area (Å²) in [6.07, 6.45) is 4.85. The minimum atomic E-state index is -3.13. The third-order valence-corrected chi connectivity index (χ3v) is 5.27. The van der Waals surface area contributed by atoms with Gasteiger partial charge < -0.3 is 0 Å². The van der Waals surface area contributed by atoms with Crippen molar-refractivity contribution in [2.45, 2.75) is 32.1 Å². The van der Waals surface area contributed by atoms with Crippen molar-refractivity contribution in [2.24, 2.45) is 5.92 Å². The highest BCUT2D eigenvalue weighted by atomic mass is 32.2. The molecule has 1 aromatic rings. The number of rotatable bonds is 6. The van der Waals surface area contributed by atoms with E-state index in [1.165, 1.54) is 16.1 Å². The minimum absolute atomic E-state index is 0.178. The van der Waals surface area contributed by atoms with Gasteiger partial charge in [0.05, 0.1) is 6.26 Å². The van der Waals surface area contributed by atoms with E-state index in [0.717, 1.165) is 19.3 Å². The van der Waals surface area contributed by atoms with Gasteiger partial charge in [0.25, 0.3) is 0 Å². The molecule has 0 saturated carbocycles. The van der Waals surface area contributed by atoms with Gasteiger partial charge in [0.15, 0.2) is 0 Å². The fourth-order valence-corrected chi connectivity index (χ4v) is 3.79. The second-order valence-electron chi connectivity index (χ2n) is 5.86. The molecule has 0 aliphatic carbocycles. The molecule has 0 spiro atoms. The minimum Gasteiger partial charge on any atom is -0.300 e. The third-order valence-electron chi connectivity index (χ3n) is 4.00. The van der Waals surface area contributed by atoms with Crippen molar-refractivity contribution in [1.82, 2.24) is 4.31 Å². The maximum atomic E-state index is 12.1. The zero-order chi connectivity index (χ0) is 15.3. The Morgan fingerprint density at radius 2 is 2.00 bits per heavy atom. The Bertz CT molecular complexity index is 568. The van der Waals surface area contributed by atoms with E-state index in [1.807, 2.05) is 30.3 Å². The molecule has 1 aliphatic heterocycles. The number of hydrogen-bond donors (Lipinski definition) is 0. The molecule has 1 atom stereocenters. The van der Waals surface area contributed by atoms with Crippen LogP contribution in [0.1, 0.15) is 31.2 Å². The molecule has 1 fully saturated rings. The van der Waals surface area contributed by atoms with E-state index in [9.17, 15) is 13.2 Å². The van der Waals surface area contributed by atoms with E-state index in [4.69, 9.17) is 0 Å². The number of hydrogen-bond acceptors (Lipinski definition) is 3. The maximum absolute atomic E-state index is 12.1. The zero-order valence-corrected chi connectivity index (χ0v) is 13.3. The van der Waals surface area contributed by atoms with Gasteiger partial charge in [0, 0.05) is 25.9 Å². The fraction of sp³-hybridized carbons (Fsp3) is 0.562. The molecule has 1 aliphatic rings. The first-order valence-electron chi connectivity index (χ1n) is 7.46. The number of nitrogens with zero attached hydrogens (tertiary/aromatic N) is 1. The fourth-order valence-electron chi connectivity index (χ4n) is 2.85. The lowest BCUT2D eigenvalue weighted by Gasteiger charge is -2.30. The van der Waals surface area contributed by atoms with Crippen LogP contribution in [0.2, 0.25) is 0 Å². The first-order chi connectivity index (χ1) is 9.95. The van der Waals surface area contributed by atoms with Gasteiger partial charge in [-0.1, -0.05) is 30.3 Å². The molecule has 0 N–H and O–H groups in total. The Morgan fingerprint density at radius 1 is 1.29 bits per heavy atom. The van der Waals surface area contributed by atoms with Crippen LogP contribution in [0, 0.1) is 5.92 Å². The third kappa shape index (κ3) is 5.25. The van der Waals surface area contributed by atoms with Crippen molar-refractivity contribution in [3.8, 4) is 0 Å². The topological polar surface area (TPSA) is 54.5 Å². The SMILES string of the molecule is CS(=O)(=O)N1CCCC(CC(=O)CCc2ccccc2)C1. The summed E-state index contributed by atoms with van der Waals surface area (Å²) in [5.74, 6) is 0.413. The van der Waals surface area contributed by atoms with Gasteiger partial charge in [-0.2, -0.15) is 0 Å². The number of piperidine rings is 1. The van der Waals surface area contributed by atoms with Gasteiger partial charge >= 0.3 is 0 Å². The van der Waals surface area contributed by atoms with Crippen LogP contribution in [-0.2, 0) is 21.2 Å². The first kappa shape index (κ1) is 16.2. The number of sulfonamides is 1. The summed E-state index contributed by atoms with van der Waals surface area (Å²) in [5, 5.41) is 0. The van der Waals surface area contributed by atoms with Gasteiger partial charge in [0.1, 0.15) is 5.78 Å². The predicted octanol–water partition coefficient (Wildman–Crippen LogP) is 2.25. The lowest BCUT2D eigenvalue weighted by Crippen LogP contribution is -2.39. The quantitative estimate of drug-likeness (QED) is 0.810. The molecular formula is C16H23NO3S. The maximum Gasteiger partial charge on any atom is 0.211 e. The van der Waals surface area contributed by atoms with E-state index in [0.29, 0.717) is 25.9 Å². The highest BCUT2D eigenvalue weighted by Crippen LogP contribution is 2.22. The van der Waals surface area contributed by atoms with Crippen LogP contribution >= 0.6 is 0 Å². The second kappa shape index (κ2) is 7.18. The van der Waals surface area contributed by atoms with Crippen molar-refractivity contribution in [2.75, 3.05) is 19.3 Å². The van der Waals surface area contributed by atoms with Crippen molar-refractivity contribution in [3.05, 3.63) is 35.9 Å². The van der Waals surface area contributed by atoms with Crippen molar-refractivity contribution < 1.29 is 13.2 Å². The Kier molecular flexibility index (Phi) is 5.53. The molecule has 1 saturated heterocycles. The van der Waals surface area contributed by atoms with Crippen molar-refractivity contribution in [3.63, 3.8) is 0 Å². The van der Waals surface area contributed by atoms with Crippen LogP contribution in [0.4, 0.5) is 0 Å². The molecule has 21 heavy (non-hydrogen) atoms. The lowest BCUT2D eigenvalue weighted by molar-refractivity contribution is -0.120. The summed E-state index contributed by atoms with van der Waals surface area (Å²) in [6, 6.07) is 9.97. The molecule has 0 amide bonds. The Morgan fingerprint density at radius 3 is 2.67 bits per heavy atom. The normalized spacial score (nSPS) is 20.3. The smallest absolute Gasteiger partial charge is 0.211 e. The highest BCUT2D eigenvalue weighted by Gasteiger charge is 2.26. The predicted molar refractivity (Wildman–Crippen MR) is 83.5 cm³/mol. The van der Waals surface area contributed by atoms with Crippen LogP contribution in [-0.4, -0.2) is 37.9 Å². The standard InChI is InChI=1S/C16H23NO3S/c1-21(19,20)17-11-5-8-15(13-17)12-16(18)10-9-14-6-3-2-4-7-14/h2-4,6-7,15H,5,8-13H2,1H3. The summed E-state index contributed by atoms with van der Waals surface area (Å²) in [7, 11) is -3.13. The number of carbonyl (C=O) groups excluding carboxylic acids is 1. The summed E-state index contributed by atoms with van der Waals surface area (Å²) in [4.78, 5) is 12.1. The lowest BCUT2D eigenvalue weighted by atomic mass is 9.92. The number of aryl methyl sites for hydroxylation is 1. The van der Waals surface area contributed by atoms with E-state index in [1.54, 1.807) is 0 Å². The molecular weight excluding hydrogens is 286 g/mol. The van der Waals surface area contributed by atoms with Crippen LogP contribution < -0.4 is 0 Å². The van der Waals surface area contributed by atoms with Crippen LogP contribution in [0.15, 0.2) is 30.3 Å². The average molecular weight is 309 g/mol. The molecule has 1 unspecified atom stereocenters. The largest absolute Gasteiger partial charge is 0.300 e. The number of benzene rings is 1. The summed E-state index contributed by atoms with van der Waals surface area (Å²) < 4.78 is 24.6. The highest BCUT2D eigenvalue weighted by molar-refractivity contribution is 7.88. The van der Waals surface area contributed by atoms with Crippen LogP contribution in [0.5, 0.6) is 0 Å². The van der Waals surface area contributed by atoms with Gasteiger partial charge in [-0.15, -0.1) is 0 Å². The molecule has 4 nitrogen and oxygen atoms in total. The summed E-state index contributed by atoms with van der Waals surface area (Å²) >= 11 is 0. The average Bonchev–Trinajstić information content (AvgIpc) is 2.46. The molecule has 1 aromatic carbocycles. The Hall–Kier alpha value is -1.20. The molecule has 1 heterocycles. The van der Waals surface area contributed by atoms with Gasteiger partial charge in [0.2, 0.25) is 10.0 Å². The van der Waals surface area contributed by atoms with E-state index in [-0.39, 0.29) is 11.7 Å². The molecule has 0 radical (unpaired) electrons.